The molecule has 1 aliphatic heterocycles. The Morgan fingerprint density at radius 1 is 0.909 bits per heavy atom. The van der Waals surface area contributed by atoms with Gasteiger partial charge in [0, 0.05) is 24.9 Å². The molecule has 1 amide bonds. The average molecular weight is 462 g/mol. The number of nitrogens with zero attached hydrogens (tertiary/aromatic N) is 1. The topological polar surface area (TPSA) is 48.0 Å². The Bertz CT molecular complexity index is 785. The molecule has 0 aromatic heterocycles. The van der Waals surface area contributed by atoms with Crippen molar-refractivity contribution in [3.05, 3.63) is 0 Å². The summed E-state index contributed by atoms with van der Waals surface area (Å²) in [4.78, 5) is 14.6. The molecule has 4 saturated carbocycles. The Balaban J connectivity index is 1.33. The van der Waals surface area contributed by atoms with Crippen molar-refractivity contribution >= 4 is 6.09 Å². The summed E-state index contributed by atoms with van der Waals surface area (Å²) in [6, 6.07) is 0.300. The van der Waals surface area contributed by atoms with Crippen molar-refractivity contribution < 1.29 is 19.0 Å². The molecule has 5 aliphatic rings. The molecule has 5 rings (SSSR count). The first kappa shape index (κ1) is 23.9. The molecule has 1 saturated heterocycles. The van der Waals surface area contributed by atoms with Gasteiger partial charge in [-0.25, -0.2) is 4.79 Å². The maximum atomic E-state index is 12.7. The van der Waals surface area contributed by atoms with E-state index in [4.69, 9.17) is 14.2 Å². The Hall–Kier alpha value is -0.810. The molecule has 33 heavy (non-hydrogen) atoms. The summed E-state index contributed by atoms with van der Waals surface area (Å²) in [7, 11) is 1.94. The predicted octanol–water partition coefficient (Wildman–Crippen LogP) is 6.40. The van der Waals surface area contributed by atoms with Crippen LogP contribution < -0.4 is 0 Å². The Morgan fingerprint density at radius 2 is 1.61 bits per heavy atom. The largest absolute Gasteiger partial charge is 0.444 e. The van der Waals surface area contributed by atoms with Crippen LogP contribution in [-0.4, -0.2) is 48.7 Å². The maximum Gasteiger partial charge on any atom is 0.410 e. The zero-order valence-corrected chi connectivity index (χ0v) is 22.2. The third-order valence-electron chi connectivity index (χ3n) is 11.5. The van der Waals surface area contributed by atoms with E-state index in [9.17, 15) is 4.79 Å². The van der Waals surface area contributed by atoms with Crippen LogP contribution in [0.25, 0.3) is 0 Å². The summed E-state index contributed by atoms with van der Waals surface area (Å²) >= 11 is 0. The van der Waals surface area contributed by atoms with Crippen molar-refractivity contribution in [3.8, 4) is 0 Å². The van der Waals surface area contributed by atoms with Crippen LogP contribution in [0, 0.1) is 34.0 Å². The van der Waals surface area contributed by atoms with E-state index in [1.165, 1.54) is 38.5 Å². The molecule has 0 aromatic rings. The fraction of sp³-hybridized carbons (Fsp3) is 0.964. The van der Waals surface area contributed by atoms with Crippen LogP contribution in [0.4, 0.5) is 4.79 Å². The average Bonchev–Trinajstić information content (AvgIpc) is 3.31. The number of rotatable bonds is 1. The first-order valence-corrected chi connectivity index (χ1v) is 13.6. The van der Waals surface area contributed by atoms with Crippen LogP contribution in [0.15, 0.2) is 0 Å². The van der Waals surface area contributed by atoms with Crippen LogP contribution >= 0.6 is 0 Å². The minimum absolute atomic E-state index is 0.120. The van der Waals surface area contributed by atoms with Gasteiger partial charge in [0.05, 0.1) is 13.2 Å². The zero-order valence-electron chi connectivity index (χ0n) is 22.2. The highest BCUT2D eigenvalue weighted by Crippen LogP contribution is 2.74. The molecule has 0 radical (unpaired) electrons. The molecule has 5 fully saturated rings. The fourth-order valence-corrected chi connectivity index (χ4v) is 9.35. The highest BCUT2D eigenvalue weighted by atomic mass is 16.7. The number of carbonyl (C=O) groups is 1. The lowest BCUT2D eigenvalue weighted by Crippen LogP contribution is -2.61. The SMILES string of the molecule is CN(C(=O)OC(C)(C)C)[C@H]1CC[C@@]2(C)C(CC[C@@H]3C2CC[C@]2(C)C4(CC[C@@]32C)OCCO4)C1. The number of ether oxygens (including phenoxy) is 3. The molecule has 188 valence electrons. The predicted molar refractivity (Wildman–Crippen MR) is 129 cm³/mol. The van der Waals surface area contributed by atoms with E-state index in [-0.39, 0.29) is 17.3 Å². The number of hydrogen-bond acceptors (Lipinski definition) is 4. The van der Waals surface area contributed by atoms with Crippen LogP contribution in [0.5, 0.6) is 0 Å². The van der Waals surface area contributed by atoms with Crippen molar-refractivity contribution in [3.63, 3.8) is 0 Å². The lowest BCUT2D eigenvalue weighted by atomic mass is 9.41. The molecule has 0 aromatic carbocycles. The van der Waals surface area contributed by atoms with E-state index in [1.54, 1.807) is 0 Å². The molecular formula is C28H47NO4. The number of hydrogen-bond donors (Lipinski definition) is 0. The summed E-state index contributed by atoms with van der Waals surface area (Å²) in [5, 5.41) is 0. The molecule has 5 heteroatoms. The normalized spacial score (nSPS) is 46.4. The van der Waals surface area contributed by atoms with Gasteiger partial charge < -0.3 is 19.1 Å². The molecule has 2 unspecified atom stereocenters. The van der Waals surface area contributed by atoms with Gasteiger partial charge in [0.1, 0.15) is 5.60 Å². The Kier molecular flexibility index (Phi) is 5.50. The molecule has 1 spiro atoms. The Labute approximate surface area is 201 Å². The van der Waals surface area contributed by atoms with Crippen LogP contribution in [0.1, 0.15) is 99.3 Å². The number of amides is 1. The van der Waals surface area contributed by atoms with E-state index >= 15 is 0 Å². The van der Waals surface area contributed by atoms with Crippen LogP contribution in [0.3, 0.4) is 0 Å². The number of fused-ring (bicyclic) bond motifs is 6. The molecule has 0 bridgehead atoms. The molecule has 7 atom stereocenters. The fourth-order valence-electron chi connectivity index (χ4n) is 9.35. The molecule has 4 aliphatic carbocycles. The second kappa shape index (κ2) is 7.59. The van der Waals surface area contributed by atoms with Crippen molar-refractivity contribution in [1.82, 2.24) is 4.90 Å². The van der Waals surface area contributed by atoms with Gasteiger partial charge in [-0.05, 0) is 101 Å². The van der Waals surface area contributed by atoms with Gasteiger partial charge in [0.25, 0.3) is 0 Å². The zero-order chi connectivity index (χ0) is 23.9. The van der Waals surface area contributed by atoms with Gasteiger partial charge in [-0.15, -0.1) is 0 Å². The van der Waals surface area contributed by atoms with E-state index < -0.39 is 5.60 Å². The second-order valence-electron chi connectivity index (χ2n) is 13.8. The van der Waals surface area contributed by atoms with Gasteiger partial charge >= 0.3 is 6.09 Å². The highest BCUT2D eigenvalue weighted by molar-refractivity contribution is 5.68. The van der Waals surface area contributed by atoms with Gasteiger partial charge in [-0.2, -0.15) is 0 Å². The van der Waals surface area contributed by atoms with Gasteiger partial charge in [0.15, 0.2) is 5.79 Å². The minimum atomic E-state index is -0.442. The van der Waals surface area contributed by atoms with Gasteiger partial charge in [0.2, 0.25) is 0 Å². The molecule has 1 heterocycles. The smallest absolute Gasteiger partial charge is 0.410 e. The summed E-state index contributed by atoms with van der Waals surface area (Å²) in [5.74, 6) is 1.89. The first-order chi connectivity index (χ1) is 15.4. The van der Waals surface area contributed by atoms with Crippen molar-refractivity contribution in [2.24, 2.45) is 34.0 Å². The van der Waals surface area contributed by atoms with Gasteiger partial charge in [-0.3, -0.25) is 0 Å². The molecular weight excluding hydrogens is 414 g/mol. The lowest BCUT2D eigenvalue weighted by molar-refractivity contribution is -0.267. The van der Waals surface area contributed by atoms with Crippen molar-refractivity contribution in [1.29, 1.82) is 0 Å². The van der Waals surface area contributed by atoms with Crippen LogP contribution in [0.2, 0.25) is 0 Å². The lowest BCUT2D eigenvalue weighted by Gasteiger charge is -2.65. The number of carbonyl (C=O) groups excluding carboxylic acids is 1. The third kappa shape index (κ3) is 3.34. The summed E-state index contributed by atoms with van der Waals surface area (Å²) in [6.07, 6.45) is 10.7. The van der Waals surface area contributed by atoms with E-state index in [2.05, 4.69) is 20.8 Å². The first-order valence-electron chi connectivity index (χ1n) is 13.6. The maximum absolute atomic E-state index is 12.7. The Morgan fingerprint density at radius 3 is 2.27 bits per heavy atom. The minimum Gasteiger partial charge on any atom is -0.444 e. The van der Waals surface area contributed by atoms with Crippen LogP contribution in [-0.2, 0) is 14.2 Å². The molecule has 0 N–H and O–H groups in total. The summed E-state index contributed by atoms with van der Waals surface area (Å²) in [5.41, 5.74) is 0.348. The summed E-state index contributed by atoms with van der Waals surface area (Å²) in [6.45, 7) is 15.0. The van der Waals surface area contributed by atoms with Crippen molar-refractivity contribution in [2.75, 3.05) is 20.3 Å². The van der Waals surface area contributed by atoms with E-state index in [0.717, 1.165) is 44.3 Å². The summed E-state index contributed by atoms with van der Waals surface area (Å²) < 4.78 is 18.4. The van der Waals surface area contributed by atoms with Gasteiger partial charge in [-0.1, -0.05) is 20.8 Å². The molecule has 5 nitrogen and oxygen atoms in total. The second-order valence-corrected chi connectivity index (χ2v) is 13.8. The third-order valence-corrected chi connectivity index (χ3v) is 11.5. The monoisotopic (exact) mass is 461 g/mol. The van der Waals surface area contributed by atoms with E-state index in [1.807, 2.05) is 32.7 Å². The van der Waals surface area contributed by atoms with E-state index in [0.29, 0.717) is 22.8 Å². The van der Waals surface area contributed by atoms with Crippen molar-refractivity contribution in [2.45, 2.75) is 117 Å². The standard InChI is InChI=1S/C28H47NO4/c1-24(2,3)33-23(30)29(7)20-10-12-25(4)19(18-20)8-9-22-21(25)11-13-27(6)26(22,5)14-15-28(27)31-16-17-32-28/h19-22H,8-18H2,1-7H3/t19?,20-,21?,22+,25-,26-,27-/m0/s1. The quantitative estimate of drug-likeness (QED) is 0.453. The highest BCUT2D eigenvalue weighted by Gasteiger charge is 2.72.